The van der Waals surface area contributed by atoms with Gasteiger partial charge in [-0.1, -0.05) is 0 Å². The zero-order chi connectivity index (χ0) is 12.9. The number of esters is 1. The molecule has 8 heteroatoms. The van der Waals surface area contributed by atoms with Gasteiger partial charge in [0.1, 0.15) is 12.0 Å². The molecule has 1 N–H and O–H groups in total. The zero-order valence-corrected chi connectivity index (χ0v) is 8.84. The maximum absolute atomic E-state index is 11.7. The SMILES string of the molecule is COC(=O)c1coc(CNOCC(F)(F)F)c1. The summed E-state index contributed by atoms with van der Waals surface area (Å²) in [5.74, 6) is -0.330. The Hall–Kier alpha value is -1.54. The molecule has 1 heterocycles. The van der Waals surface area contributed by atoms with Crippen molar-refractivity contribution in [2.24, 2.45) is 0 Å². The van der Waals surface area contributed by atoms with Crippen LogP contribution in [-0.4, -0.2) is 25.9 Å². The van der Waals surface area contributed by atoms with Crippen LogP contribution in [0.2, 0.25) is 0 Å². The molecule has 0 aromatic carbocycles. The van der Waals surface area contributed by atoms with Crippen molar-refractivity contribution in [2.75, 3.05) is 13.7 Å². The third-order valence-electron chi connectivity index (χ3n) is 1.66. The van der Waals surface area contributed by atoms with Gasteiger partial charge < -0.3 is 9.15 Å². The Morgan fingerprint density at radius 1 is 1.53 bits per heavy atom. The van der Waals surface area contributed by atoms with Gasteiger partial charge >= 0.3 is 12.1 Å². The second kappa shape index (κ2) is 5.69. The Bertz CT molecular complexity index is 375. The monoisotopic (exact) mass is 253 g/mol. The van der Waals surface area contributed by atoms with Crippen molar-refractivity contribution in [2.45, 2.75) is 12.7 Å². The van der Waals surface area contributed by atoms with E-state index >= 15 is 0 Å². The summed E-state index contributed by atoms with van der Waals surface area (Å²) in [5, 5.41) is 0. The van der Waals surface area contributed by atoms with Crippen LogP contribution in [0.25, 0.3) is 0 Å². The summed E-state index contributed by atoms with van der Waals surface area (Å²) in [4.78, 5) is 15.2. The largest absolute Gasteiger partial charge is 0.467 e. The predicted molar refractivity (Wildman–Crippen MR) is 48.9 cm³/mol. The van der Waals surface area contributed by atoms with Crippen molar-refractivity contribution in [1.82, 2.24) is 5.48 Å². The number of halogens is 3. The number of methoxy groups -OCH3 is 1. The smallest absolute Gasteiger partial charge is 0.413 e. The van der Waals surface area contributed by atoms with Gasteiger partial charge in [-0.25, -0.2) is 4.79 Å². The fourth-order valence-corrected chi connectivity index (χ4v) is 0.953. The highest BCUT2D eigenvalue weighted by atomic mass is 19.4. The van der Waals surface area contributed by atoms with E-state index in [1.807, 2.05) is 0 Å². The molecule has 0 radical (unpaired) electrons. The maximum atomic E-state index is 11.7. The Labute approximate surface area is 94.4 Å². The Morgan fingerprint density at radius 2 is 2.24 bits per heavy atom. The summed E-state index contributed by atoms with van der Waals surface area (Å²) in [6, 6.07) is 1.34. The van der Waals surface area contributed by atoms with Crippen LogP contribution < -0.4 is 5.48 Å². The van der Waals surface area contributed by atoms with E-state index in [-0.39, 0.29) is 17.9 Å². The van der Waals surface area contributed by atoms with Gasteiger partial charge in [0, 0.05) is 0 Å². The standard InChI is InChI=1S/C9H10F3NO4/c1-15-8(14)6-2-7(16-4-6)3-13-17-5-9(10,11)12/h2,4,13H,3,5H2,1H3. The summed E-state index contributed by atoms with van der Waals surface area (Å²) in [7, 11) is 1.21. The fourth-order valence-electron chi connectivity index (χ4n) is 0.953. The third-order valence-corrected chi connectivity index (χ3v) is 1.66. The number of hydroxylamine groups is 1. The minimum Gasteiger partial charge on any atom is -0.467 e. The van der Waals surface area contributed by atoms with E-state index in [1.165, 1.54) is 13.2 Å². The lowest BCUT2D eigenvalue weighted by molar-refractivity contribution is -0.190. The lowest BCUT2D eigenvalue weighted by Crippen LogP contribution is -2.24. The minimum absolute atomic E-state index is 0.0902. The highest BCUT2D eigenvalue weighted by Crippen LogP contribution is 2.14. The van der Waals surface area contributed by atoms with E-state index in [0.29, 0.717) is 0 Å². The van der Waals surface area contributed by atoms with E-state index in [1.54, 1.807) is 0 Å². The molecule has 0 unspecified atom stereocenters. The number of alkyl halides is 3. The van der Waals surface area contributed by atoms with Gasteiger partial charge in [0.05, 0.1) is 19.2 Å². The van der Waals surface area contributed by atoms with Gasteiger partial charge in [-0.15, -0.1) is 0 Å². The molecule has 17 heavy (non-hydrogen) atoms. The lowest BCUT2D eigenvalue weighted by Gasteiger charge is -2.06. The third kappa shape index (κ3) is 4.87. The summed E-state index contributed by atoms with van der Waals surface area (Å²) < 4.78 is 44.4. The average Bonchev–Trinajstić information content (AvgIpc) is 2.70. The molecule has 0 bridgehead atoms. The molecule has 0 aliphatic carbocycles. The van der Waals surface area contributed by atoms with Gasteiger partial charge in [0.15, 0.2) is 6.61 Å². The number of carbonyl (C=O) groups is 1. The number of carbonyl (C=O) groups excluding carboxylic acids is 1. The van der Waals surface area contributed by atoms with Gasteiger partial charge in [0.25, 0.3) is 0 Å². The van der Waals surface area contributed by atoms with Gasteiger partial charge in [0.2, 0.25) is 0 Å². The Morgan fingerprint density at radius 3 is 2.82 bits per heavy atom. The Balaban J connectivity index is 2.33. The molecule has 0 saturated carbocycles. The first-order valence-electron chi connectivity index (χ1n) is 4.49. The van der Waals surface area contributed by atoms with E-state index in [4.69, 9.17) is 4.42 Å². The van der Waals surface area contributed by atoms with Crippen LogP contribution in [0.3, 0.4) is 0 Å². The second-order valence-electron chi connectivity index (χ2n) is 3.02. The van der Waals surface area contributed by atoms with E-state index in [9.17, 15) is 18.0 Å². The summed E-state index contributed by atoms with van der Waals surface area (Å²) in [6.45, 7) is -1.50. The van der Waals surface area contributed by atoms with Crippen LogP contribution in [0.5, 0.6) is 0 Å². The van der Waals surface area contributed by atoms with Crippen LogP contribution in [0, 0.1) is 0 Å². The first-order valence-corrected chi connectivity index (χ1v) is 4.49. The number of hydrogen-bond acceptors (Lipinski definition) is 5. The molecular weight excluding hydrogens is 243 g/mol. The molecule has 5 nitrogen and oxygen atoms in total. The minimum atomic E-state index is -4.40. The molecule has 0 amide bonds. The summed E-state index contributed by atoms with van der Waals surface area (Å²) in [5.41, 5.74) is 2.24. The molecule has 1 aromatic rings. The molecule has 1 rings (SSSR count). The van der Waals surface area contributed by atoms with E-state index in [2.05, 4.69) is 15.1 Å². The second-order valence-corrected chi connectivity index (χ2v) is 3.02. The average molecular weight is 253 g/mol. The molecule has 1 aromatic heterocycles. The van der Waals surface area contributed by atoms with Crippen LogP contribution in [-0.2, 0) is 16.1 Å². The zero-order valence-electron chi connectivity index (χ0n) is 8.84. The molecule has 0 aliphatic rings. The molecular formula is C9H10F3NO4. The van der Waals surface area contributed by atoms with Crippen molar-refractivity contribution in [3.05, 3.63) is 23.7 Å². The maximum Gasteiger partial charge on any atom is 0.413 e. The molecule has 0 aliphatic heterocycles. The van der Waals surface area contributed by atoms with E-state index < -0.39 is 18.8 Å². The van der Waals surface area contributed by atoms with Crippen LogP contribution >= 0.6 is 0 Å². The predicted octanol–water partition coefficient (Wildman–Crippen LogP) is 1.65. The quantitative estimate of drug-likeness (QED) is 0.491. The summed E-state index contributed by atoms with van der Waals surface area (Å²) >= 11 is 0. The van der Waals surface area contributed by atoms with Crippen molar-refractivity contribution in [1.29, 1.82) is 0 Å². The molecule has 0 atom stereocenters. The summed E-state index contributed by atoms with van der Waals surface area (Å²) in [6.07, 6.45) is -3.25. The van der Waals surface area contributed by atoms with Crippen LogP contribution in [0.1, 0.15) is 16.1 Å². The molecule has 0 fully saturated rings. The highest BCUT2D eigenvalue weighted by Gasteiger charge is 2.27. The molecule has 0 spiro atoms. The van der Waals surface area contributed by atoms with Crippen LogP contribution in [0.15, 0.2) is 16.7 Å². The molecule has 0 saturated heterocycles. The van der Waals surface area contributed by atoms with Gasteiger partial charge in [-0.05, 0) is 6.07 Å². The Kier molecular flexibility index (Phi) is 4.53. The number of hydrogen-bond donors (Lipinski definition) is 1. The first kappa shape index (κ1) is 13.5. The normalized spacial score (nSPS) is 11.5. The topological polar surface area (TPSA) is 60.7 Å². The number of furan rings is 1. The number of ether oxygens (including phenoxy) is 1. The first-order chi connectivity index (χ1) is 7.92. The van der Waals surface area contributed by atoms with Crippen molar-refractivity contribution in [3.63, 3.8) is 0 Å². The highest BCUT2D eigenvalue weighted by molar-refractivity contribution is 5.88. The number of nitrogens with one attached hydrogen (secondary N) is 1. The lowest BCUT2D eigenvalue weighted by atomic mass is 10.3. The fraction of sp³-hybridized carbons (Fsp3) is 0.444. The van der Waals surface area contributed by atoms with Gasteiger partial charge in [-0.3, -0.25) is 4.84 Å². The molecule has 96 valence electrons. The van der Waals surface area contributed by atoms with Crippen molar-refractivity contribution in [3.8, 4) is 0 Å². The van der Waals surface area contributed by atoms with Crippen molar-refractivity contribution >= 4 is 5.97 Å². The van der Waals surface area contributed by atoms with Gasteiger partial charge in [-0.2, -0.15) is 18.7 Å². The van der Waals surface area contributed by atoms with E-state index in [0.717, 1.165) is 6.26 Å². The number of rotatable bonds is 5. The van der Waals surface area contributed by atoms with Crippen LogP contribution in [0.4, 0.5) is 13.2 Å². The van der Waals surface area contributed by atoms with Crippen molar-refractivity contribution < 1.29 is 32.0 Å².